The van der Waals surface area contributed by atoms with Gasteiger partial charge in [0.1, 0.15) is 5.75 Å². The van der Waals surface area contributed by atoms with Gasteiger partial charge in [0.05, 0.1) is 13.4 Å². The van der Waals surface area contributed by atoms with Gasteiger partial charge >= 0.3 is 0 Å². The van der Waals surface area contributed by atoms with Crippen LogP contribution in [0.4, 0.5) is 0 Å². The minimum absolute atomic E-state index is 0.0357. The molecule has 0 aliphatic rings. The fraction of sp³-hybridized carbons (Fsp3) is 0.214. The lowest BCUT2D eigenvalue weighted by atomic mass is 10.1. The number of furan rings is 1. The third-order valence-corrected chi connectivity index (χ3v) is 3.49. The number of halogens is 1. The maximum Gasteiger partial charge on any atom is 0.202 e. The van der Waals surface area contributed by atoms with Crippen molar-refractivity contribution in [3.8, 4) is 5.75 Å². The van der Waals surface area contributed by atoms with E-state index in [0.717, 1.165) is 21.3 Å². The van der Waals surface area contributed by atoms with Crippen molar-refractivity contribution in [2.45, 2.75) is 13.3 Å². The molecule has 2 aromatic rings. The lowest BCUT2D eigenvalue weighted by molar-refractivity contribution is 0.0965. The first-order valence-corrected chi connectivity index (χ1v) is 6.31. The predicted molar refractivity (Wildman–Crippen MR) is 72.2 cm³/mol. The number of benzene rings is 1. The van der Waals surface area contributed by atoms with Crippen LogP contribution in [0.15, 0.2) is 39.4 Å². The molecule has 0 fully saturated rings. The summed E-state index contributed by atoms with van der Waals surface area (Å²) in [5.41, 5.74) is 1.74. The first-order chi connectivity index (χ1) is 8.61. The van der Waals surface area contributed by atoms with Gasteiger partial charge in [0.25, 0.3) is 0 Å². The lowest BCUT2D eigenvalue weighted by Crippen LogP contribution is -2.04. The summed E-state index contributed by atoms with van der Waals surface area (Å²) < 4.78 is 11.2. The Balaban J connectivity index is 2.24. The molecule has 0 spiro atoms. The third-order valence-electron chi connectivity index (χ3n) is 2.72. The molecule has 0 N–H and O–H groups in total. The van der Waals surface area contributed by atoms with E-state index in [-0.39, 0.29) is 12.2 Å². The van der Waals surface area contributed by atoms with Crippen LogP contribution in [-0.4, -0.2) is 12.9 Å². The molecular weight excluding hydrogens is 296 g/mol. The van der Waals surface area contributed by atoms with Gasteiger partial charge in [0.15, 0.2) is 5.76 Å². The number of rotatable bonds is 4. The monoisotopic (exact) mass is 308 g/mol. The third kappa shape index (κ3) is 2.64. The summed E-state index contributed by atoms with van der Waals surface area (Å²) in [5, 5.41) is 0. The number of methoxy groups -OCH3 is 1. The Morgan fingerprint density at radius 2 is 2.17 bits per heavy atom. The molecule has 1 aromatic carbocycles. The van der Waals surface area contributed by atoms with Gasteiger partial charge in [-0.05, 0) is 42.3 Å². The molecule has 1 heterocycles. The number of carbonyl (C=O) groups excluding carboxylic acids is 1. The fourth-order valence-corrected chi connectivity index (χ4v) is 2.11. The van der Waals surface area contributed by atoms with Crippen molar-refractivity contribution >= 4 is 21.7 Å². The Labute approximate surface area is 114 Å². The summed E-state index contributed by atoms with van der Waals surface area (Å²) in [6.07, 6.45) is 1.81. The Morgan fingerprint density at radius 3 is 2.78 bits per heavy atom. The van der Waals surface area contributed by atoms with E-state index >= 15 is 0 Å². The normalized spacial score (nSPS) is 10.4. The molecule has 0 saturated heterocycles. The number of Topliss-reactive ketones (excluding diaryl/α,β-unsaturated/α-hetero) is 1. The molecule has 4 heteroatoms. The quantitative estimate of drug-likeness (QED) is 0.807. The van der Waals surface area contributed by atoms with E-state index in [1.54, 1.807) is 13.2 Å². The van der Waals surface area contributed by atoms with Crippen LogP contribution in [0, 0.1) is 6.92 Å². The highest BCUT2D eigenvalue weighted by Gasteiger charge is 2.15. The van der Waals surface area contributed by atoms with Gasteiger partial charge in [-0.25, -0.2) is 0 Å². The molecule has 0 saturated carbocycles. The molecular formula is C14H13BrO3. The molecule has 0 amide bonds. The first-order valence-electron chi connectivity index (χ1n) is 5.51. The predicted octanol–water partition coefficient (Wildman–Crippen LogP) is 3.78. The van der Waals surface area contributed by atoms with Gasteiger partial charge in [-0.1, -0.05) is 15.9 Å². The minimum atomic E-state index is -0.0357. The van der Waals surface area contributed by atoms with Crippen molar-refractivity contribution in [2.24, 2.45) is 0 Å². The van der Waals surface area contributed by atoms with Crippen LogP contribution in [0.3, 0.4) is 0 Å². The summed E-state index contributed by atoms with van der Waals surface area (Å²) in [6.45, 7) is 1.86. The number of hydrogen-bond donors (Lipinski definition) is 0. The van der Waals surface area contributed by atoms with Crippen molar-refractivity contribution in [1.82, 2.24) is 0 Å². The van der Waals surface area contributed by atoms with Crippen LogP contribution in [-0.2, 0) is 6.42 Å². The summed E-state index contributed by atoms with van der Waals surface area (Å²) in [5.74, 6) is 1.12. The number of ether oxygens (including phenoxy) is 1. The smallest absolute Gasteiger partial charge is 0.202 e. The highest BCUT2D eigenvalue weighted by Crippen LogP contribution is 2.24. The van der Waals surface area contributed by atoms with Gasteiger partial charge in [-0.3, -0.25) is 4.79 Å². The fourth-order valence-electron chi connectivity index (χ4n) is 1.73. The zero-order chi connectivity index (χ0) is 13.1. The topological polar surface area (TPSA) is 39.4 Å². The molecule has 1 aromatic heterocycles. The van der Waals surface area contributed by atoms with Crippen molar-refractivity contribution in [3.63, 3.8) is 0 Å². The second-order valence-corrected chi connectivity index (χ2v) is 4.84. The second kappa shape index (κ2) is 5.40. The number of hydrogen-bond acceptors (Lipinski definition) is 3. The molecule has 0 aliphatic heterocycles. The standard InChI is InChI=1S/C14H13BrO3/c1-9-5-6-18-14(9)13(16)8-10-7-11(17-2)3-4-12(10)15/h3-7H,8H2,1-2H3. The molecule has 3 nitrogen and oxygen atoms in total. The van der Waals surface area contributed by atoms with Crippen LogP contribution < -0.4 is 4.74 Å². The zero-order valence-corrected chi connectivity index (χ0v) is 11.8. The molecule has 0 aliphatic carbocycles. The van der Waals surface area contributed by atoms with Crippen molar-refractivity contribution in [3.05, 3.63) is 51.9 Å². The Hall–Kier alpha value is -1.55. The average Bonchev–Trinajstić information content (AvgIpc) is 2.78. The van der Waals surface area contributed by atoms with Gasteiger partial charge in [-0.15, -0.1) is 0 Å². The van der Waals surface area contributed by atoms with Crippen LogP contribution in [0.2, 0.25) is 0 Å². The SMILES string of the molecule is COc1ccc(Br)c(CC(=O)c2occc2C)c1. The van der Waals surface area contributed by atoms with E-state index in [4.69, 9.17) is 9.15 Å². The minimum Gasteiger partial charge on any atom is -0.497 e. The first kappa shape index (κ1) is 12.9. The van der Waals surface area contributed by atoms with Crippen molar-refractivity contribution < 1.29 is 13.9 Å². The van der Waals surface area contributed by atoms with Gasteiger partial charge in [0.2, 0.25) is 5.78 Å². The molecule has 0 atom stereocenters. The summed E-state index contributed by atoms with van der Waals surface area (Å²) >= 11 is 3.43. The van der Waals surface area contributed by atoms with E-state index in [9.17, 15) is 4.79 Å². The van der Waals surface area contributed by atoms with E-state index in [0.29, 0.717) is 5.76 Å². The number of carbonyl (C=O) groups is 1. The van der Waals surface area contributed by atoms with Gasteiger partial charge in [-0.2, -0.15) is 0 Å². The molecule has 0 radical (unpaired) electrons. The Kier molecular flexibility index (Phi) is 3.87. The molecule has 18 heavy (non-hydrogen) atoms. The Morgan fingerprint density at radius 1 is 1.39 bits per heavy atom. The van der Waals surface area contributed by atoms with Crippen LogP contribution >= 0.6 is 15.9 Å². The summed E-state index contributed by atoms with van der Waals surface area (Å²) in [4.78, 5) is 12.1. The van der Waals surface area contributed by atoms with Crippen LogP contribution in [0.5, 0.6) is 5.75 Å². The van der Waals surface area contributed by atoms with Crippen molar-refractivity contribution in [1.29, 1.82) is 0 Å². The average molecular weight is 309 g/mol. The largest absolute Gasteiger partial charge is 0.497 e. The van der Waals surface area contributed by atoms with Gasteiger partial charge < -0.3 is 9.15 Å². The van der Waals surface area contributed by atoms with Gasteiger partial charge in [0, 0.05) is 10.9 Å². The number of aryl methyl sites for hydroxylation is 1. The van der Waals surface area contributed by atoms with E-state index in [1.807, 2.05) is 25.1 Å². The number of ketones is 1. The molecule has 94 valence electrons. The lowest BCUT2D eigenvalue weighted by Gasteiger charge is -2.06. The van der Waals surface area contributed by atoms with Crippen LogP contribution in [0.1, 0.15) is 21.7 Å². The van der Waals surface area contributed by atoms with E-state index in [1.165, 1.54) is 6.26 Å². The molecule has 0 unspecified atom stereocenters. The second-order valence-electron chi connectivity index (χ2n) is 3.99. The maximum absolute atomic E-state index is 12.1. The van der Waals surface area contributed by atoms with Crippen LogP contribution in [0.25, 0.3) is 0 Å². The molecule has 2 rings (SSSR count). The highest BCUT2D eigenvalue weighted by molar-refractivity contribution is 9.10. The highest BCUT2D eigenvalue weighted by atomic mass is 79.9. The summed E-state index contributed by atoms with van der Waals surface area (Å²) in [7, 11) is 1.60. The van der Waals surface area contributed by atoms with Crippen molar-refractivity contribution in [2.75, 3.05) is 7.11 Å². The van der Waals surface area contributed by atoms with E-state index in [2.05, 4.69) is 15.9 Å². The maximum atomic E-state index is 12.1. The van der Waals surface area contributed by atoms with E-state index < -0.39 is 0 Å². The molecule has 0 bridgehead atoms. The summed E-state index contributed by atoms with van der Waals surface area (Å²) in [6, 6.07) is 7.35. The Bertz CT molecular complexity index is 572. The zero-order valence-electron chi connectivity index (χ0n) is 10.2.